The number of sulfone groups is 1. The van der Waals surface area contributed by atoms with Crippen molar-refractivity contribution in [3.63, 3.8) is 0 Å². The van der Waals surface area contributed by atoms with Gasteiger partial charge in [-0.2, -0.15) is 0 Å². The van der Waals surface area contributed by atoms with Crippen molar-refractivity contribution in [2.24, 2.45) is 5.92 Å². The van der Waals surface area contributed by atoms with E-state index in [1.54, 1.807) is 6.92 Å². The molecule has 1 N–H and O–H groups in total. The lowest BCUT2D eigenvalue weighted by Crippen LogP contribution is -2.46. The summed E-state index contributed by atoms with van der Waals surface area (Å²) in [5.41, 5.74) is 2.81. The molecule has 0 aliphatic heterocycles. The van der Waals surface area contributed by atoms with Gasteiger partial charge in [0.2, 0.25) is 5.89 Å². The molecule has 0 spiro atoms. The van der Waals surface area contributed by atoms with Crippen molar-refractivity contribution in [1.82, 2.24) is 4.98 Å². The first-order valence-electron chi connectivity index (χ1n) is 11.2. The lowest BCUT2D eigenvalue weighted by Gasteiger charge is -2.31. The van der Waals surface area contributed by atoms with Gasteiger partial charge in [0.15, 0.2) is 14.6 Å². The normalized spacial score (nSPS) is 21.2. The SMILES string of the molecule is CCC(C)(C(=O)O)S(=O)(=O)CC1CCCC(OCc2nc(-c3ccc(C)cc3)oc2C)C1. The quantitative estimate of drug-likeness (QED) is 0.574. The molecule has 1 aliphatic carbocycles. The molecule has 0 bridgehead atoms. The van der Waals surface area contributed by atoms with E-state index >= 15 is 0 Å². The average molecular weight is 464 g/mol. The highest BCUT2D eigenvalue weighted by Gasteiger charge is 2.46. The Labute approximate surface area is 190 Å². The van der Waals surface area contributed by atoms with Crippen LogP contribution in [0.1, 0.15) is 63.0 Å². The second-order valence-corrected chi connectivity index (χ2v) is 11.5. The minimum atomic E-state index is -3.78. The molecule has 1 heterocycles. The molecule has 1 aliphatic rings. The van der Waals surface area contributed by atoms with Gasteiger partial charge in [-0.25, -0.2) is 13.4 Å². The van der Waals surface area contributed by atoms with Gasteiger partial charge in [0, 0.05) is 5.56 Å². The van der Waals surface area contributed by atoms with Crippen LogP contribution in [-0.2, 0) is 26.0 Å². The first kappa shape index (κ1) is 24.5. The lowest BCUT2D eigenvalue weighted by atomic mass is 9.88. The Kier molecular flexibility index (Phi) is 7.45. The van der Waals surface area contributed by atoms with E-state index in [1.807, 2.05) is 38.1 Å². The molecule has 3 rings (SSSR count). The number of benzene rings is 1. The summed E-state index contributed by atoms with van der Waals surface area (Å²) in [6.45, 7) is 7.09. The van der Waals surface area contributed by atoms with Gasteiger partial charge in [0.25, 0.3) is 0 Å². The number of carbonyl (C=O) groups is 1. The fourth-order valence-corrected chi connectivity index (χ4v) is 6.12. The van der Waals surface area contributed by atoms with E-state index < -0.39 is 20.6 Å². The number of aryl methyl sites for hydroxylation is 2. The van der Waals surface area contributed by atoms with Crippen LogP contribution in [-0.4, -0.2) is 41.1 Å². The average Bonchev–Trinajstić information content (AvgIpc) is 3.12. The van der Waals surface area contributed by atoms with Gasteiger partial charge >= 0.3 is 5.97 Å². The smallest absolute Gasteiger partial charge is 0.324 e. The maximum atomic E-state index is 12.8. The van der Waals surface area contributed by atoms with Crippen LogP contribution in [0.25, 0.3) is 11.5 Å². The fraction of sp³-hybridized carbons (Fsp3) is 0.583. The molecular weight excluding hydrogens is 430 g/mol. The summed E-state index contributed by atoms with van der Waals surface area (Å²) in [5.74, 6) is -0.249. The van der Waals surface area contributed by atoms with Crippen LogP contribution < -0.4 is 0 Å². The zero-order valence-corrected chi connectivity index (χ0v) is 20.1. The highest BCUT2D eigenvalue weighted by atomic mass is 32.2. The zero-order valence-electron chi connectivity index (χ0n) is 19.3. The molecule has 3 unspecified atom stereocenters. The second-order valence-electron chi connectivity index (χ2n) is 9.02. The van der Waals surface area contributed by atoms with E-state index in [0.29, 0.717) is 24.7 Å². The second kappa shape index (κ2) is 9.75. The number of hydrogen-bond acceptors (Lipinski definition) is 6. The van der Waals surface area contributed by atoms with E-state index in [2.05, 4.69) is 4.98 Å². The van der Waals surface area contributed by atoms with Gasteiger partial charge in [0.1, 0.15) is 11.5 Å². The van der Waals surface area contributed by atoms with Crippen molar-refractivity contribution < 1.29 is 27.5 Å². The molecule has 176 valence electrons. The first-order valence-corrected chi connectivity index (χ1v) is 12.8. The molecule has 0 amide bonds. The van der Waals surface area contributed by atoms with E-state index in [-0.39, 0.29) is 24.2 Å². The lowest BCUT2D eigenvalue weighted by molar-refractivity contribution is -0.139. The van der Waals surface area contributed by atoms with Gasteiger partial charge in [-0.05, 0) is 64.5 Å². The summed E-state index contributed by atoms with van der Waals surface area (Å²) in [7, 11) is -3.78. The molecule has 2 aromatic rings. The molecule has 0 radical (unpaired) electrons. The molecule has 8 heteroatoms. The molecule has 1 fully saturated rings. The Balaban J connectivity index is 1.61. The maximum Gasteiger partial charge on any atom is 0.324 e. The van der Waals surface area contributed by atoms with Gasteiger partial charge in [0.05, 0.1) is 18.5 Å². The zero-order chi connectivity index (χ0) is 23.5. The van der Waals surface area contributed by atoms with Crippen LogP contribution in [0.5, 0.6) is 0 Å². The van der Waals surface area contributed by atoms with E-state index in [0.717, 1.165) is 36.1 Å². The van der Waals surface area contributed by atoms with Crippen molar-refractivity contribution in [3.8, 4) is 11.5 Å². The third-order valence-corrected chi connectivity index (χ3v) is 9.40. The van der Waals surface area contributed by atoms with Crippen LogP contribution in [0.15, 0.2) is 28.7 Å². The molecule has 0 saturated heterocycles. The van der Waals surface area contributed by atoms with E-state index in [4.69, 9.17) is 9.15 Å². The first-order chi connectivity index (χ1) is 15.1. The van der Waals surface area contributed by atoms with Gasteiger partial charge < -0.3 is 14.3 Å². The summed E-state index contributed by atoms with van der Waals surface area (Å²) in [4.78, 5) is 16.2. The third kappa shape index (κ3) is 5.23. The summed E-state index contributed by atoms with van der Waals surface area (Å²) in [6, 6.07) is 7.96. The van der Waals surface area contributed by atoms with Crippen molar-refractivity contribution in [2.75, 3.05) is 5.75 Å². The fourth-order valence-electron chi connectivity index (χ4n) is 4.12. The predicted octanol–water partition coefficient (Wildman–Crippen LogP) is 4.70. The Morgan fingerprint density at radius 3 is 2.56 bits per heavy atom. The van der Waals surface area contributed by atoms with Crippen molar-refractivity contribution in [2.45, 2.75) is 77.3 Å². The van der Waals surface area contributed by atoms with E-state index in [1.165, 1.54) is 6.92 Å². The molecule has 1 aromatic heterocycles. The van der Waals surface area contributed by atoms with Crippen LogP contribution >= 0.6 is 0 Å². The van der Waals surface area contributed by atoms with Crippen LogP contribution in [0.3, 0.4) is 0 Å². The molecule has 1 aromatic carbocycles. The number of carboxylic acids is 1. The summed E-state index contributed by atoms with van der Waals surface area (Å²) in [6.07, 6.45) is 3.03. The minimum absolute atomic E-state index is 0.0477. The highest BCUT2D eigenvalue weighted by molar-refractivity contribution is 7.93. The largest absolute Gasteiger partial charge is 0.480 e. The third-order valence-electron chi connectivity index (χ3n) is 6.65. The molecule has 32 heavy (non-hydrogen) atoms. The van der Waals surface area contributed by atoms with Gasteiger partial charge in [-0.1, -0.05) is 31.0 Å². The van der Waals surface area contributed by atoms with Crippen LogP contribution in [0, 0.1) is 19.8 Å². The van der Waals surface area contributed by atoms with Gasteiger partial charge in [-0.3, -0.25) is 4.79 Å². The number of hydrogen-bond donors (Lipinski definition) is 1. The van der Waals surface area contributed by atoms with Crippen LogP contribution in [0.4, 0.5) is 0 Å². The number of ether oxygens (including phenoxy) is 1. The molecule has 3 atom stereocenters. The monoisotopic (exact) mass is 463 g/mol. The Morgan fingerprint density at radius 1 is 1.25 bits per heavy atom. The number of oxazole rings is 1. The van der Waals surface area contributed by atoms with Crippen molar-refractivity contribution >= 4 is 15.8 Å². The Hall–Kier alpha value is -2.19. The highest BCUT2D eigenvalue weighted by Crippen LogP contribution is 2.32. The minimum Gasteiger partial charge on any atom is -0.480 e. The number of aromatic nitrogens is 1. The van der Waals surface area contributed by atoms with Crippen molar-refractivity contribution in [1.29, 1.82) is 0 Å². The maximum absolute atomic E-state index is 12.8. The van der Waals surface area contributed by atoms with Gasteiger partial charge in [-0.15, -0.1) is 0 Å². The van der Waals surface area contributed by atoms with Crippen molar-refractivity contribution in [3.05, 3.63) is 41.3 Å². The predicted molar refractivity (Wildman–Crippen MR) is 122 cm³/mol. The number of rotatable bonds is 9. The summed E-state index contributed by atoms with van der Waals surface area (Å²) < 4.78 is 35.8. The standard InChI is InChI=1S/C24H33NO6S/c1-5-24(4,23(26)27)32(28,29)15-18-7-6-8-20(13-18)30-14-21-17(3)31-22(25-21)19-11-9-16(2)10-12-19/h9-12,18,20H,5-8,13-15H2,1-4H3,(H,26,27). The topological polar surface area (TPSA) is 107 Å². The Bertz CT molecular complexity index is 1040. The number of nitrogens with zero attached hydrogens (tertiary/aromatic N) is 1. The summed E-state index contributed by atoms with van der Waals surface area (Å²) in [5, 5.41) is 9.46. The summed E-state index contributed by atoms with van der Waals surface area (Å²) >= 11 is 0. The van der Waals surface area contributed by atoms with Crippen LogP contribution in [0.2, 0.25) is 0 Å². The number of carboxylic acid groups (broad SMARTS) is 1. The number of aliphatic carboxylic acids is 1. The molecular formula is C24H33NO6S. The molecule has 1 saturated carbocycles. The Morgan fingerprint density at radius 2 is 1.94 bits per heavy atom. The molecule has 7 nitrogen and oxygen atoms in total. The van der Waals surface area contributed by atoms with E-state index in [9.17, 15) is 18.3 Å².